The van der Waals surface area contributed by atoms with Gasteiger partial charge in [0.1, 0.15) is 11.4 Å². The molecule has 5 aromatic rings. The number of nitrogens with zero attached hydrogens (tertiary/aromatic N) is 6. The molecule has 10 nitrogen and oxygen atoms in total. The van der Waals surface area contributed by atoms with Gasteiger partial charge in [-0.2, -0.15) is 0 Å². The average molecular weight is 509 g/mol. The summed E-state index contributed by atoms with van der Waals surface area (Å²) in [6.07, 6.45) is 3.75. The molecule has 0 saturated carbocycles. The summed E-state index contributed by atoms with van der Waals surface area (Å²) >= 11 is 0. The number of methoxy groups -OCH3 is 2. The van der Waals surface area contributed by atoms with E-state index in [1.165, 1.54) is 14.2 Å². The number of esters is 2. The number of aromatic nitrogens is 6. The van der Waals surface area contributed by atoms with Crippen LogP contribution < -0.4 is 0 Å². The van der Waals surface area contributed by atoms with E-state index >= 15 is 0 Å². The van der Waals surface area contributed by atoms with Crippen molar-refractivity contribution in [2.75, 3.05) is 14.2 Å². The van der Waals surface area contributed by atoms with E-state index in [-0.39, 0.29) is 11.9 Å². The van der Waals surface area contributed by atoms with Crippen molar-refractivity contribution in [2.24, 2.45) is 0 Å². The molecule has 0 radical (unpaired) electrons. The first kappa shape index (κ1) is 24.6. The van der Waals surface area contributed by atoms with Gasteiger partial charge in [0.05, 0.1) is 50.8 Å². The fraction of sp³-hybridized carbons (Fsp3) is 0.143. The zero-order valence-corrected chi connectivity index (χ0v) is 20.8. The molecular weight excluding hydrogens is 484 g/mol. The smallest absolute Gasteiger partial charge is 0.337 e. The van der Waals surface area contributed by atoms with Crippen LogP contribution in [0.1, 0.15) is 31.8 Å². The third-order valence-corrected chi connectivity index (χ3v) is 5.97. The molecule has 0 bridgehead atoms. The van der Waals surface area contributed by atoms with E-state index in [0.29, 0.717) is 24.2 Å². The van der Waals surface area contributed by atoms with Crippen LogP contribution in [0.25, 0.3) is 22.5 Å². The molecule has 0 unspecified atom stereocenters. The zero-order valence-electron chi connectivity index (χ0n) is 20.8. The molecule has 0 spiro atoms. The largest absolute Gasteiger partial charge is 0.465 e. The third kappa shape index (κ3) is 5.49. The van der Waals surface area contributed by atoms with Crippen molar-refractivity contribution in [3.8, 4) is 22.5 Å². The van der Waals surface area contributed by atoms with Crippen LogP contribution in [0.3, 0.4) is 0 Å². The lowest BCUT2D eigenvalue weighted by Gasteiger charge is -2.03. The maximum atomic E-state index is 11.6. The summed E-state index contributed by atoms with van der Waals surface area (Å²) in [6, 6.07) is 22.3. The molecule has 0 amide bonds. The quantitative estimate of drug-likeness (QED) is 0.290. The fourth-order valence-corrected chi connectivity index (χ4v) is 3.96. The van der Waals surface area contributed by atoms with Crippen molar-refractivity contribution in [1.82, 2.24) is 30.0 Å². The first-order valence-electron chi connectivity index (χ1n) is 11.8. The van der Waals surface area contributed by atoms with Gasteiger partial charge in [-0.25, -0.2) is 19.0 Å². The molecule has 0 aliphatic rings. The van der Waals surface area contributed by atoms with Crippen molar-refractivity contribution in [3.05, 3.63) is 107 Å². The molecule has 0 atom stereocenters. The third-order valence-electron chi connectivity index (χ3n) is 5.97. The van der Waals surface area contributed by atoms with Gasteiger partial charge < -0.3 is 9.47 Å². The van der Waals surface area contributed by atoms with E-state index in [4.69, 9.17) is 9.47 Å². The van der Waals surface area contributed by atoms with Crippen LogP contribution >= 0.6 is 0 Å². The normalized spacial score (nSPS) is 10.8. The standard InChI is InChI=1S/C28H24N6O4/c1-37-27(35)21-10-6-19(7-11-21)15-33-17-25(29-31-33)23-4-3-5-24(14-23)26-18-34(32-30-26)16-20-8-12-22(13-9-20)28(36)38-2/h3-14,17-18H,15-16H2,1-2H3. The summed E-state index contributed by atoms with van der Waals surface area (Å²) in [5.74, 6) is -0.734. The number of hydrogen-bond donors (Lipinski definition) is 0. The van der Waals surface area contributed by atoms with Gasteiger partial charge in [0.2, 0.25) is 0 Å². The van der Waals surface area contributed by atoms with Crippen LogP contribution in [0.4, 0.5) is 0 Å². The van der Waals surface area contributed by atoms with E-state index in [1.807, 2.05) is 60.9 Å². The maximum Gasteiger partial charge on any atom is 0.337 e. The highest BCUT2D eigenvalue weighted by atomic mass is 16.5. The molecule has 190 valence electrons. The van der Waals surface area contributed by atoms with E-state index < -0.39 is 0 Å². The second-order valence-corrected chi connectivity index (χ2v) is 8.56. The number of carbonyl (C=O) groups excluding carboxylic acids is 2. The number of ether oxygens (including phenoxy) is 2. The molecule has 0 saturated heterocycles. The average Bonchev–Trinajstić information content (AvgIpc) is 3.63. The topological polar surface area (TPSA) is 114 Å². The molecule has 38 heavy (non-hydrogen) atoms. The number of rotatable bonds is 8. The summed E-state index contributed by atoms with van der Waals surface area (Å²) < 4.78 is 13.0. The number of hydrogen-bond acceptors (Lipinski definition) is 8. The highest BCUT2D eigenvalue weighted by molar-refractivity contribution is 5.89. The van der Waals surface area contributed by atoms with E-state index in [2.05, 4.69) is 20.6 Å². The van der Waals surface area contributed by atoms with Gasteiger partial charge in [-0.05, 0) is 41.5 Å². The van der Waals surface area contributed by atoms with Crippen molar-refractivity contribution in [2.45, 2.75) is 13.1 Å². The van der Waals surface area contributed by atoms with E-state index in [0.717, 1.165) is 33.6 Å². The Balaban J connectivity index is 1.27. The molecule has 0 aliphatic heterocycles. The summed E-state index contributed by atoms with van der Waals surface area (Å²) in [5.41, 5.74) is 6.25. The van der Waals surface area contributed by atoms with Crippen LogP contribution in [-0.4, -0.2) is 56.1 Å². The minimum atomic E-state index is -0.367. The Morgan fingerprint density at radius 2 is 1.08 bits per heavy atom. The summed E-state index contributed by atoms with van der Waals surface area (Å²) in [6.45, 7) is 1.03. The maximum absolute atomic E-state index is 11.6. The van der Waals surface area contributed by atoms with Gasteiger partial charge in [-0.3, -0.25) is 0 Å². The first-order valence-corrected chi connectivity index (χ1v) is 11.8. The van der Waals surface area contributed by atoms with Crippen molar-refractivity contribution in [3.63, 3.8) is 0 Å². The molecule has 0 aliphatic carbocycles. The molecule has 5 rings (SSSR count). The predicted octanol–water partition coefficient (Wildman–Crippen LogP) is 3.87. The number of carbonyl (C=O) groups is 2. The predicted molar refractivity (Wildman–Crippen MR) is 138 cm³/mol. The minimum Gasteiger partial charge on any atom is -0.465 e. The zero-order chi connectivity index (χ0) is 26.5. The fourth-order valence-electron chi connectivity index (χ4n) is 3.96. The molecule has 2 heterocycles. The van der Waals surface area contributed by atoms with E-state index in [1.54, 1.807) is 33.6 Å². The van der Waals surface area contributed by atoms with Crippen LogP contribution in [0, 0.1) is 0 Å². The van der Waals surface area contributed by atoms with Gasteiger partial charge >= 0.3 is 11.9 Å². The molecule has 0 N–H and O–H groups in total. The molecule has 3 aromatic carbocycles. The Morgan fingerprint density at radius 3 is 1.47 bits per heavy atom. The van der Waals surface area contributed by atoms with Crippen LogP contribution in [0.15, 0.2) is 85.2 Å². The number of benzene rings is 3. The Bertz CT molecular complexity index is 1460. The lowest BCUT2D eigenvalue weighted by Crippen LogP contribution is -2.03. The van der Waals surface area contributed by atoms with Gasteiger partial charge in [0.25, 0.3) is 0 Å². The summed E-state index contributed by atoms with van der Waals surface area (Å²) in [4.78, 5) is 23.2. The van der Waals surface area contributed by atoms with Crippen molar-refractivity contribution >= 4 is 11.9 Å². The van der Waals surface area contributed by atoms with Crippen LogP contribution in [0.5, 0.6) is 0 Å². The lowest BCUT2D eigenvalue weighted by molar-refractivity contribution is 0.0592. The van der Waals surface area contributed by atoms with Crippen LogP contribution in [-0.2, 0) is 22.6 Å². The van der Waals surface area contributed by atoms with Crippen molar-refractivity contribution in [1.29, 1.82) is 0 Å². The summed E-state index contributed by atoms with van der Waals surface area (Å²) in [7, 11) is 2.72. The Hall–Kier alpha value is -5.12. The monoisotopic (exact) mass is 508 g/mol. The van der Waals surface area contributed by atoms with Gasteiger partial charge in [0.15, 0.2) is 0 Å². The molecule has 0 fully saturated rings. The van der Waals surface area contributed by atoms with Crippen molar-refractivity contribution < 1.29 is 19.1 Å². The molecule has 10 heteroatoms. The highest BCUT2D eigenvalue weighted by Gasteiger charge is 2.11. The second kappa shape index (κ2) is 10.9. The highest BCUT2D eigenvalue weighted by Crippen LogP contribution is 2.24. The van der Waals surface area contributed by atoms with E-state index in [9.17, 15) is 9.59 Å². The molecular formula is C28H24N6O4. The van der Waals surface area contributed by atoms with Gasteiger partial charge in [-0.15, -0.1) is 10.2 Å². The SMILES string of the molecule is COC(=O)c1ccc(Cn2cc(-c3cccc(-c4cn(Cc5ccc(C(=O)OC)cc5)nn4)c3)nn2)cc1. The minimum absolute atomic E-state index is 0.367. The Kier molecular flexibility index (Phi) is 7.03. The summed E-state index contributed by atoms with van der Waals surface area (Å²) in [5, 5.41) is 17.2. The first-order chi connectivity index (χ1) is 18.5. The Morgan fingerprint density at radius 1 is 0.658 bits per heavy atom. The van der Waals surface area contributed by atoms with Crippen LogP contribution in [0.2, 0.25) is 0 Å². The lowest BCUT2D eigenvalue weighted by atomic mass is 10.1. The molecule has 2 aromatic heterocycles. The Labute approximate surface area is 218 Å². The van der Waals surface area contributed by atoms with Gasteiger partial charge in [0, 0.05) is 11.1 Å². The second-order valence-electron chi connectivity index (χ2n) is 8.56. The van der Waals surface area contributed by atoms with Gasteiger partial charge in [-0.1, -0.05) is 52.9 Å².